The lowest BCUT2D eigenvalue weighted by Crippen LogP contribution is -2.38. The number of rotatable bonds is 3. The van der Waals surface area contributed by atoms with Crippen molar-refractivity contribution in [3.05, 3.63) is 32.9 Å². The molecule has 0 saturated carbocycles. The summed E-state index contributed by atoms with van der Waals surface area (Å²) in [6.07, 6.45) is 0. The van der Waals surface area contributed by atoms with E-state index in [1.165, 1.54) is 13.0 Å². The minimum atomic E-state index is -1.14. The van der Waals surface area contributed by atoms with Gasteiger partial charge in [0, 0.05) is 12.4 Å². The van der Waals surface area contributed by atoms with Gasteiger partial charge < -0.3 is 15.0 Å². The number of aryl methyl sites for hydroxylation is 1. The summed E-state index contributed by atoms with van der Waals surface area (Å²) in [6.45, 7) is 1.36. The third-order valence-electron chi connectivity index (χ3n) is 3.12. The number of amides is 1. The van der Waals surface area contributed by atoms with Gasteiger partial charge in [0.15, 0.2) is 0 Å². The third-order valence-corrected chi connectivity index (χ3v) is 4.28. The Morgan fingerprint density at radius 3 is 2.38 bits per heavy atom. The number of aliphatic carboxylic acids is 1. The molecular weight excluding hydrogens is 339 g/mol. The van der Waals surface area contributed by atoms with E-state index in [0.717, 1.165) is 0 Å². The van der Waals surface area contributed by atoms with Gasteiger partial charge in [-0.15, -0.1) is 0 Å². The molecule has 2 rings (SSSR count). The predicted molar refractivity (Wildman–Crippen MR) is 82.5 cm³/mol. The van der Waals surface area contributed by atoms with E-state index < -0.39 is 17.9 Å². The highest BCUT2D eigenvalue weighted by Gasteiger charge is 2.23. The monoisotopic (exact) mass is 348 g/mol. The average Bonchev–Trinajstić information content (AvgIpc) is 2.63. The topological polar surface area (TPSA) is 71.3 Å². The summed E-state index contributed by atoms with van der Waals surface area (Å²) in [5, 5.41) is 12.5. The predicted octanol–water partition coefficient (Wildman–Crippen LogP) is 3.34. The normalized spacial score (nSPS) is 12.4. The SMILES string of the molecule is C[C@H](NC(=O)c1c(Cl)n(C)c2cc(Cl)c(Cl)cc12)C(=O)O. The van der Waals surface area contributed by atoms with Crippen molar-refractivity contribution >= 4 is 57.6 Å². The zero-order chi connectivity index (χ0) is 15.9. The molecule has 2 N–H and O–H groups in total. The Labute approximate surface area is 135 Å². The van der Waals surface area contributed by atoms with E-state index in [4.69, 9.17) is 39.9 Å². The van der Waals surface area contributed by atoms with E-state index in [2.05, 4.69) is 5.32 Å². The van der Waals surface area contributed by atoms with Crippen molar-refractivity contribution in [3.8, 4) is 0 Å². The van der Waals surface area contributed by atoms with Crippen LogP contribution in [0.3, 0.4) is 0 Å². The molecular formula is C13H11Cl3N2O3. The average molecular weight is 350 g/mol. The molecule has 0 aliphatic heterocycles. The van der Waals surface area contributed by atoms with Gasteiger partial charge >= 0.3 is 5.97 Å². The van der Waals surface area contributed by atoms with Crippen molar-refractivity contribution in [2.24, 2.45) is 7.05 Å². The smallest absolute Gasteiger partial charge is 0.325 e. The molecule has 1 atom stereocenters. The van der Waals surface area contributed by atoms with Crippen molar-refractivity contribution in [2.75, 3.05) is 0 Å². The van der Waals surface area contributed by atoms with Gasteiger partial charge in [0.1, 0.15) is 11.2 Å². The number of nitrogens with zero attached hydrogens (tertiary/aromatic N) is 1. The Balaban J connectivity index is 2.58. The highest BCUT2D eigenvalue weighted by molar-refractivity contribution is 6.43. The second-order valence-corrected chi connectivity index (χ2v) is 5.71. The van der Waals surface area contributed by atoms with Crippen LogP contribution in [-0.2, 0) is 11.8 Å². The molecule has 0 saturated heterocycles. The van der Waals surface area contributed by atoms with Crippen molar-refractivity contribution in [1.29, 1.82) is 0 Å². The number of benzene rings is 1. The largest absolute Gasteiger partial charge is 0.480 e. The zero-order valence-electron chi connectivity index (χ0n) is 11.1. The number of carbonyl (C=O) groups is 2. The Kier molecular flexibility index (Phi) is 4.37. The Hall–Kier alpha value is -1.43. The first kappa shape index (κ1) is 15.9. The van der Waals surface area contributed by atoms with E-state index in [9.17, 15) is 9.59 Å². The third kappa shape index (κ3) is 2.81. The maximum atomic E-state index is 12.3. The van der Waals surface area contributed by atoms with Crippen LogP contribution in [0.2, 0.25) is 15.2 Å². The van der Waals surface area contributed by atoms with Gasteiger partial charge in [-0.25, -0.2) is 0 Å². The second-order valence-electron chi connectivity index (χ2n) is 4.54. The molecule has 1 aromatic heterocycles. The van der Waals surface area contributed by atoms with Gasteiger partial charge in [-0.3, -0.25) is 9.59 Å². The molecule has 5 nitrogen and oxygen atoms in total. The maximum absolute atomic E-state index is 12.3. The van der Waals surface area contributed by atoms with Crippen LogP contribution in [0.15, 0.2) is 12.1 Å². The van der Waals surface area contributed by atoms with E-state index in [1.807, 2.05) is 0 Å². The molecule has 21 heavy (non-hydrogen) atoms. The van der Waals surface area contributed by atoms with Crippen LogP contribution in [0, 0.1) is 0 Å². The van der Waals surface area contributed by atoms with E-state index in [0.29, 0.717) is 15.9 Å². The Morgan fingerprint density at radius 2 is 1.81 bits per heavy atom. The van der Waals surface area contributed by atoms with Crippen LogP contribution in [0.4, 0.5) is 0 Å². The van der Waals surface area contributed by atoms with Crippen LogP contribution >= 0.6 is 34.8 Å². The number of hydrogen-bond acceptors (Lipinski definition) is 2. The molecule has 1 heterocycles. The van der Waals surface area contributed by atoms with Crippen molar-refractivity contribution in [3.63, 3.8) is 0 Å². The lowest BCUT2D eigenvalue weighted by Gasteiger charge is -2.09. The van der Waals surface area contributed by atoms with Crippen molar-refractivity contribution in [2.45, 2.75) is 13.0 Å². The zero-order valence-corrected chi connectivity index (χ0v) is 13.3. The van der Waals surface area contributed by atoms with Gasteiger partial charge in [0.05, 0.1) is 21.1 Å². The number of hydrogen-bond donors (Lipinski definition) is 2. The van der Waals surface area contributed by atoms with E-state index in [1.54, 1.807) is 17.7 Å². The van der Waals surface area contributed by atoms with Gasteiger partial charge in [0.2, 0.25) is 0 Å². The summed E-state index contributed by atoms with van der Waals surface area (Å²) in [7, 11) is 1.67. The Bertz CT molecular complexity index is 755. The molecule has 112 valence electrons. The lowest BCUT2D eigenvalue weighted by molar-refractivity contribution is -0.138. The molecule has 0 aliphatic carbocycles. The van der Waals surface area contributed by atoms with Crippen LogP contribution < -0.4 is 5.32 Å². The number of carbonyl (C=O) groups excluding carboxylic acids is 1. The number of nitrogens with one attached hydrogen (secondary N) is 1. The molecule has 0 aliphatic rings. The number of carboxylic acids is 1. The summed E-state index contributed by atoms with van der Waals surface area (Å²) in [5.74, 6) is -1.72. The highest BCUT2D eigenvalue weighted by atomic mass is 35.5. The molecule has 0 spiro atoms. The quantitative estimate of drug-likeness (QED) is 0.892. The standard InChI is InChI=1S/C13H11Cl3N2O3/c1-5(13(20)21)17-12(19)10-6-3-7(14)8(15)4-9(6)18(2)11(10)16/h3-5H,1-2H3,(H,17,19)(H,20,21)/t5-/m0/s1. The van der Waals surface area contributed by atoms with Crippen LogP contribution in [0.1, 0.15) is 17.3 Å². The highest BCUT2D eigenvalue weighted by Crippen LogP contribution is 2.34. The molecule has 0 unspecified atom stereocenters. The summed E-state index contributed by atoms with van der Waals surface area (Å²) < 4.78 is 1.58. The van der Waals surface area contributed by atoms with E-state index >= 15 is 0 Å². The minimum absolute atomic E-state index is 0.167. The minimum Gasteiger partial charge on any atom is -0.480 e. The first-order valence-corrected chi connectivity index (χ1v) is 7.04. The number of aromatic nitrogens is 1. The number of carboxylic acid groups (broad SMARTS) is 1. The fourth-order valence-electron chi connectivity index (χ4n) is 1.95. The van der Waals surface area contributed by atoms with Gasteiger partial charge in [0.25, 0.3) is 5.91 Å². The van der Waals surface area contributed by atoms with Gasteiger partial charge in [-0.05, 0) is 19.1 Å². The van der Waals surface area contributed by atoms with E-state index in [-0.39, 0.29) is 15.7 Å². The summed E-state index contributed by atoms with van der Waals surface area (Å²) >= 11 is 18.1. The maximum Gasteiger partial charge on any atom is 0.325 e. The molecule has 2 aromatic rings. The Morgan fingerprint density at radius 1 is 1.24 bits per heavy atom. The molecule has 0 radical (unpaired) electrons. The van der Waals surface area contributed by atoms with Gasteiger partial charge in [-0.2, -0.15) is 0 Å². The molecule has 0 fully saturated rings. The fraction of sp³-hybridized carbons (Fsp3) is 0.231. The molecule has 0 bridgehead atoms. The van der Waals surface area contributed by atoms with Crippen LogP contribution in [0.25, 0.3) is 10.9 Å². The molecule has 1 aromatic carbocycles. The van der Waals surface area contributed by atoms with Crippen LogP contribution in [0.5, 0.6) is 0 Å². The second kappa shape index (κ2) is 5.75. The molecule has 8 heteroatoms. The summed E-state index contributed by atoms with van der Waals surface area (Å²) in [4.78, 5) is 23.1. The summed E-state index contributed by atoms with van der Waals surface area (Å²) in [5.41, 5.74) is 0.795. The van der Waals surface area contributed by atoms with Crippen LogP contribution in [-0.4, -0.2) is 27.6 Å². The first-order valence-electron chi connectivity index (χ1n) is 5.90. The summed E-state index contributed by atoms with van der Waals surface area (Å²) in [6, 6.07) is 2.10. The molecule has 1 amide bonds. The fourth-order valence-corrected chi connectivity index (χ4v) is 2.55. The van der Waals surface area contributed by atoms with Gasteiger partial charge in [-0.1, -0.05) is 34.8 Å². The van der Waals surface area contributed by atoms with Crippen molar-refractivity contribution in [1.82, 2.24) is 9.88 Å². The van der Waals surface area contributed by atoms with Crippen molar-refractivity contribution < 1.29 is 14.7 Å². The number of fused-ring (bicyclic) bond motifs is 1. The lowest BCUT2D eigenvalue weighted by atomic mass is 10.1. The first-order chi connectivity index (χ1) is 9.73. The number of halogens is 3.